The number of β-amino-alcohol motifs (C(OH)–C–C–N with tert-alkyl or cyclic N) is 1. The van der Waals surface area contributed by atoms with Crippen LogP contribution in [0.15, 0.2) is 0 Å². The van der Waals surface area contributed by atoms with Crippen LogP contribution in [-0.4, -0.2) is 23.8 Å². The van der Waals surface area contributed by atoms with E-state index in [1.54, 1.807) is 0 Å². The molecule has 72 valence electrons. The molecular formula is C10H16N2O. The topological polar surface area (TPSA) is 56.0 Å². The number of aliphatic hydroxyl groups is 1. The maximum Gasteiger partial charge on any atom is 0.0957 e. The third-order valence-electron chi connectivity index (χ3n) is 3.67. The standard InChI is InChI=1S/C10H16N2O/c11-7-9(3-1-4-9)10(13)5-2-6-12-8-10/h12-13H,1-6,8H2. The highest BCUT2D eigenvalue weighted by Gasteiger charge is 2.54. The van der Waals surface area contributed by atoms with Crippen LogP contribution in [0.1, 0.15) is 32.1 Å². The molecule has 0 radical (unpaired) electrons. The second-order valence-electron chi connectivity index (χ2n) is 4.36. The lowest BCUT2D eigenvalue weighted by Crippen LogP contribution is -2.59. The first kappa shape index (κ1) is 8.98. The van der Waals surface area contributed by atoms with Crippen LogP contribution in [0.4, 0.5) is 0 Å². The first-order valence-corrected chi connectivity index (χ1v) is 5.07. The van der Waals surface area contributed by atoms with E-state index in [0.717, 1.165) is 38.6 Å². The van der Waals surface area contributed by atoms with Gasteiger partial charge in [-0.1, -0.05) is 6.42 Å². The molecule has 13 heavy (non-hydrogen) atoms. The molecule has 1 heterocycles. The van der Waals surface area contributed by atoms with Crippen molar-refractivity contribution in [3.63, 3.8) is 0 Å². The fourth-order valence-corrected chi connectivity index (χ4v) is 2.51. The summed E-state index contributed by atoms with van der Waals surface area (Å²) in [5, 5.41) is 22.7. The minimum atomic E-state index is -0.752. The SMILES string of the molecule is N#CC1(C2(O)CCCNC2)CCC1. The quantitative estimate of drug-likeness (QED) is 0.627. The molecule has 0 amide bonds. The van der Waals surface area contributed by atoms with Crippen molar-refractivity contribution < 1.29 is 5.11 Å². The van der Waals surface area contributed by atoms with Crippen LogP contribution in [-0.2, 0) is 0 Å². The summed E-state index contributed by atoms with van der Waals surface area (Å²) in [5.41, 5.74) is -1.18. The average Bonchev–Trinajstić information content (AvgIpc) is 2.04. The van der Waals surface area contributed by atoms with Crippen molar-refractivity contribution in [1.29, 1.82) is 5.26 Å². The van der Waals surface area contributed by atoms with Gasteiger partial charge < -0.3 is 10.4 Å². The second-order valence-corrected chi connectivity index (χ2v) is 4.36. The molecule has 0 aromatic carbocycles. The molecule has 0 aromatic rings. The number of rotatable bonds is 1. The first-order valence-electron chi connectivity index (χ1n) is 5.07. The Morgan fingerprint density at radius 1 is 1.23 bits per heavy atom. The van der Waals surface area contributed by atoms with Gasteiger partial charge in [0.1, 0.15) is 0 Å². The van der Waals surface area contributed by atoms with Gasteiger partial charge in [-0.3, -0.25) is 0 Å². The van der Waals surface area contributed by atoms with Gasteiger partial charge in [0.15, 0.2) is 0 Å². The number of nitrogens with zero attached hydrogens (tertiary/aromatic N) is 1. The smallest absolute Gasteiger partial charge is 0.0957 e. The highest BCUT2D eigenvalue weighted by atomic mass is 16.3. The summed E-state index contributed by atoms with van der Waals surface area (Å²) in [6.45, 7) is 1.57. The lowest BCUT2D eigenvalue weighted by Gasteiger charge is -2.50. The molecule has 1 atom stereocenters. The summed E-state index contributed by atoms with van der Waals surface area (Å²) in [7, 11) is 0. The molecule has 2 rings (SSSR count). The molecule has 0 bridgehead atoms. The molecule has 3 nitrogen and oxygen atoms in total. The van der Waals surface area contributed by atoms with Crippen LogP contribution >= 0.6 is 0 Å². The molecule has 1 saturated heterocycles. The second kappa shape index (κ2) is 2.97. The number of piperidine rings is 1. The maximum absolute atomic E-state index is 10.4. The minimum absolute atomic E-state index is 0.430. The highest BCUT2D eigenvalue weighted by Crippen LogP contribution is 2.50. The third kappa shape index (κ3) is 1.17. The van der Waals surface area contributed by atoms with E-state index in [2.05, 4.69) is 11.4 Å². The van der Waals surface area contributed by atoms with E-state index in [1.165, 1.54) is 0 Å². The minimum Gasteiger partial charge on any atom is -0.387 e. The third-order valence-corrected chi connectivity index (χ3v) is 3.67. The van der Waals surface area contributed by atoms with Gasteiger partial charge in [-0.05, 0) is 32.2 Å². The average molecular weight is 180 g/mol. The molecule has 2 N–H and O–H groups in total. The van der Waals surface area contributed by atoms with Gasteiger partial charge in [0.25, 0.3) is 0 Å². The summed E-state index contributed by atoms with van der Waals surface area (Å²) in [6.07, 6.45) is 4.62. The molecule has 2 aliphatic rings. The summed E-state index contributed by atoms with van der Waals surface area (Å²) in [4.78, 5) is 0. The summed E-state index contributed by atoms with van der Waals surface area (Å²) in [6, 6.07) is 2.34. The van der Waals surface area contributed by atoms with Gasteiger partial charge in [0.05, 0.1) is 17.1 Å². The normalized spacial score (nSPS) is 37.5. The van der Waals surface area contributed by atoms with E-state index < -0.39 is 11.0 Å². The maximum atomic E-state index is 10.4. The Morgan fingerprint density at radius 3 is 2.38 bits per heavy atom. The molecule has 1 saturated carbocycles. The van der Waals surface area contributed by atoms with Crippen LogP contribution < -0.4 is 5.32 Å². The van der Waals surface area contributed by atoms with Gasteiger partial charge in [-0.15, -0.1) is 0 Å². The zero-order chi connectivity index (χ0) is 9.36. The molecule has 0 aromatic heterocycles. The largest absolute Gasteiger partial charge is 0.387 e. The van der Waals surface area contributed by atoms with E-state index in [0.29, 0.717) is 6.54 Å². The zero-order valence-corrected chi connectivity index (χ0v) is 7.84. The predicted octanol–water partition coefficient (Wildman–Crippen LogP) is 0.795. The molecular weight excluding hydrogens is 164 g/mol. The summed E-state index contributed by atoms with van der Waals surface area (Å²) >= 11 is 0. The van der Waals surface area contributed by atoms with Crippen molar-refractivity contribution in [2.75, 3.05) is 13.1 Å². The molecule has 1 aliphatic carbocycles. The van der Waals surface area contributed by atoms with Gasteiger partial charge in [0, 0.05) is 6.54 Å². The van der Waals surface area contributed by atoms with Gasteiger partial charge in [-0.2, -0.15) is 5.26 Å². The molecule has 2 fully saturated rings. The lowest BCUT2D eigenvalue weighted by molar-refractivity contribution is -0.106. The Kier molecular flexibility index (Phi) is 2.05. The van der Waals surface area contributed by atoms with E-state index >= 15 is 0 Å². The van der Waals surface area contributed by atoms with Gasteiger partial charge >= 0.3 is 0 Å². The van der Waals surface area contributed by atoms with E-state index in [4.69, 9.17) is 5.26 Å². The van der Waals surface area contributed by atoms with Crippen LogP contribution in [0, 0.1) is 16.7 Å². The zero-order valence-electron chi connectivity index (χ0n) is 7.84. The number of hydrogen-bond acceptors (Lipinski definition) is 3. The van der Waals surface area contributed by atoms with Gasteiger partial charge in [0.2, 0.25) is 0 Å². The Morgan fingerprint density at radius 2 is 2.00 bits per heavy atom. The van der Waals surface area contributed by atoms with Crippen molar-refractivity contribution in [3.05, 3.63) is 0 Å². The van der Waals surface area contributed by atoms with Crippen molar-refractivity contribution in [1.82, 2.24) is 5.32 Å². The fraction of sp³-hybridized carbons (Fsp3) is 0.900. The Labute approximate surface area is 78.7 Å². The Bertz CT molecular complexity index is 234. The van der Waals surface area contributed by atoms with Crippen molar-refractivity contribution >= 4 is 0 Å². The molecule has 3 heteroatoms. The Hall–Kier alpha value is -0.590. The van der Waals surface area contributed by atoms with Crippen LogP contribution in [0.3, 0.4) is 0 Å². The number of nitrogens with one attached hydrogen (secondary N) is 1. The van der Waals surface area contributed by atoms with Crippen LogP contribution in [0.2, 0.25) is 0 Å². The first-order chi connectivity index (χ1) is 6.22. The summed E-state index contributed by atoms with van der Waals surface area (Å²) in [5.74, 6) is 0. The molecule has 0 spiro atoms. The highest BCUT2D eigenvalue weighted by molar-refractivity contribution is 5.17. The van der Waals surface area contributed by atoms with Crippen molar-refractivity contribution in [2.45, 2.75) is 37.7 Å². The summed E-state index contributed by atoms with van der Waals surface area (Å²) < 4.78 is 0. The predicted molar refractivity (Wildman–Crippen MR) is 49.0 cm³/mol. The monoisotopic (exact) mass is 180 g/mol. The Balaban J connectivity index is 2.16. The molecule has 1 unspecified atom stereocenters. The van der Waals surface area contributed by atoms with Gasteiger partial charge in [-0.25, -0.2) is 0 Å². The molecule has 1 aliphatic heterocycles. The number of hydrogen-bond donors (Lipinski definition) is 2. The van der Waals surface area contributed by atoms with E-state index in [1.807, 2.05) is 0 Å². The van der Waals surface area contributed by atoms with Crippen LogP contribution in [0.5, 0.6) is 0 Å². The fourth-order valence-electron chi connectivity index (χ4n) is 2.51. The van der Waals surface area contributed by atoms with Crippen molar-refractivity contribution in [3.8, 4) is 6.07 Å². The lowest BCUT2D eigenvalue weighted by atomic mass is 9.57. The van der Waals surface area contributed by atoms with E-state index in [9.17, 15) is 5.11 Å². The van der Waals surface area contributed by atoms with E-state index in [-0.39, 0.29) is 0 Å². The number of nitriles is 1. The van der Waals surface area contributed by atoms with Crippen LogP contribution in [0.25, 0.3) is 0 Å². The van der Waals surface area contributed by atoms with Crippen molar-refractivity contribution in [2.24, 2.45) is 5.41 Å².